The number of hydrogen-bond donors (Lipinski definition) is 1. The summed E-state index contributed by atoms with van der Waals surface area (Å²) in [6.07, 6.45) is 0.451. The molecule has 1 N–H and O–H groups in total. The molecule has 4 heterocycles. The summed E-state index contributed by atoms with van der Waals surface area (Å²) in [4.78, 5) is 32.4. The fraction of sp³-hybridized carbons (Fsp3) is 0.316. The first-order chi connectivity index (χ1) is 13.7. The second-order valence-corrected chi connectivity index (χ2v) is 7.77. The van der Waals surface area contributed by atoms with E-state index in [1.165, 1.54) is 4.90 Å². The van der Waals surface area contributed by atoms with Crippen molar-refractivity contribution < 1.29 is 24.2 Å². The molecule has 2 aromatic rings. The number of aromatic nitrogens is 1. The summed E-state index contributed by atoms with van der Waals surface area (Å²) in [5, 5.41) is 9.43. The average Bonchev–Trinajstić information content (AvgIpc) is 3.30. The van der Waals surface area contributed by atoms with Gasteiger partial charge in [-0.15, -0.1) is 11.8 Å². The molecule has 3 aliphatic rings. The van der Waals surface area contributed by atoms with Crippen LogP contribution < -0.4 is 9.80 Å². The van der Waals surface area contributed by atoms with E-state index in [2.05, 4.69) is 4.98 Å². The van der Waals surface area contributed by atoms with Crippen LogP contribution >= 0.6 is 11.8 Å². The molecule has 0 unspecified atom stereocenters. The number of fused-ring (bicyclic) bond motifs is 3. The molecular formula is C19H17N3O5S. The van der Waals surface area contributed by atoms with Crippen molar-refractivity contribution >= 4 is 35.5 Å². The number of aliphatic hydroxyl groups excluding tert-OH is 1. The zero-order valence-electron chi connectivity index (χ0n) is 14.8. The Bertz CT molecular complexity index is 951. The number of benzene rings is 1. The number of anilines is 2. The minimum Gasteiger partial charge on any atom is -0.447 e. The molecule has 5 rings (SSSR count). The predicted molar refractivity (Wildman–Crippen MR) is 103 cm³/mol. The van der Waals surface area contributed by atoms with E-state index in [1.54, 1.807) is 28.9 Å². The maximum Gasteiger partial charge on any atom is 0.415 e. The first-order valence-electron chi connectivity index (χ1n) is 8.94. The van der Waals surface area contributed by atoms with E-state index in [0.717, 1.165) is 21.7 Å². The summed E-state index contributed by atoms with van der Waals surface area (Å²) in [7, 11) is 0. The van der Waals surface area contributed by atoms with Crippen molar-refractivity contribution in [3.05, 3.63) is 36.5 Å². The Hall–Kier alpha value is -2.78. The number of cyclic esters (lactones) is 2. The molecule has 0 aliphatic carbocycles. The minimum absolute atomic E-state index is 0.151. The summed E-state index contributed by atoms with van der Waals surface area (Å²) in [6, 6.07) is 9.42. The van der Waals surface area contributed by atoms with Gasteiger partial charge in [0, 0.05) is 22.4 Å². The van der Waals surface area contributed by atoms with Gasteiger partial charge in [0.15, 0.2) is 0 Å². The van der Waals surface area contributed by atoms with Crippen molar-refractivity contribution in [2.24, 2.45) is 0 Å². The highest BCUT2D eigenvalue weighted by atomic mass is 32.2. The number of amides is 2. The van der Waals surface area contributed by atoms with Crippen molar-refractivity contribution in [1.29, 1.82) is 0 Å². The van der Waals surface area contributed by atoms with E-state index >= 15 is 0 Å². The Kier molecular flexibility index (Phi) is 4.13. The van der Waals surface area contributed by atoms with Gasteiger partial charge in [-0.1, -0.05) is 6.07 Å². The van der Waals surface area contributed by atoms with Crippen molar-refractivity contribution in [3.63, 3.8) is 0 Å². The Morgan fingerprint density at radius 1 is 1.18 bits per heavy atom. The van der Waals surface area contributed by atoms with E-state index in [0.29, 0.717) is 24.7 Å². The summed E-state index contributed by atoms with van der Waals surface area (Å²) < 4.78 is 10.2. The molecule has 2 atom stereocenters. The number of thioether (sulfide) groups is 1. The van der Waals surface area contributed by atoms with Crippen LogP contribution in [0.3, 0.4) is 0 Å². The maximum absolute atomic E-state index is 12.2. The smallest absolute Gasteiger partial charge is 0.415 e. The van der Waals surface area contributed by atoms with Gasteiger partial charge in [0.2, 0.25) is 0 Å². The molecule has 1 aromatic carbocycles. The van der Waals surface area contributed by atoms with Gasteiger partial charge in [0.05, 0.1) is 24.9 Å². The number of aliphatic hydroxyl groups is 1. The number of hydrogen-bond acceptors (Lipinski definition) is 7. The van der Waals surface area contributed by atoms with Gasteiger partial charge in [-0.3, -0.25) is 9.80 Å². The monoisotopic (exact) mass is 399 g/mol. The SMILES string of the molecule is O=C1OCCN1c1ccc(-c2ccc3c(c2)SC[C@H]2[C@H](CO)OC(=O)N32)cn1. The van der Waals surface area contributed by atoms with Crippen molar-refractivity contribution in [3.8, 4) is 11.1 Å². The lowest BCUT2D eigenvalue weighted by Crippen LogP contribution is -2.42. The lowest BCUT2D eigenvalue weighted by molar-refractivity contribution is 0.0859. The quantitative estimate of drug-likeness (QED) is 0.848. The third-order valence-corrected chi connectivity index (χ3v) is 6.28. The second-order valence-electron chi connectivity index (χ2n) is 6.71. The average molecular weight is 399 g/mol. The molecule has 1 aromatic heterocycles. The Morgan fingerprint density at radius 3 is 2.75 bits per heavy atom. The highest BCUT2D eigenvalue weighted by Crippen LogP contribution is 2.43. The van der Waals surface area contributed by atoms with Gasteiger partial charge in [0.25, 0.3) is 0 Å². The summed E-state index contributed by atoms with van der Waals surface area (Å²) in [6.45, 7) is 0.702. The van der Waals surface area contributed by atoms with Crippen LogP contribution in [0.15, 0.2) is 41.4 Å². The number of nitrogens with zero attached hydrogens (tertiary/aromatic N) is 3. The van der Waals surface area contributed by atoms with Crippen LogP contribution in [0, 0.1) is 0 Å². The van der Waals surface area contributed by atoms with Crippen LogP contribution in [0.2, 0.25) is 0 Å². The molecule has 144 valence electrons. The molecule has 0 spiro atoms. The van der Waals surface area contributed by atoms with E-state index in [9.17, 15) is 14.7 Å². The number of carbonyl (C=O) groups is 2. The van der Waals surface area contributed by atoms with Crippen LogP contribution in [0.5, 0.6) is 0 Å². The fourth-order valence-corrected chi connectivity index (χ4v) is 4.92. The Labute approximate surface area is 165 Å². The molecule has 0 bridgehead atoms. The number of ether oxygens (including phenoxy) is 2. The van der Waals surface area contributed by atoms with Crippen molar-refractivity contribution in [2.75, 3.05) is 35.3 Å². The van der Waals surface area contributed by atoms with E-state index in [4.69, 9.17) is 9.47 Å². The van der Waals surface area contributed by atoms with Gasteiger partial charge < -0.3 is 14.6 Å². The van der Waals surface area contributed by atoms with Gasteiger partial charge in [-0.25, -0.2) is 14.6 Å². The van der Waals surface area contributed by atoms with Crippen LogP contribution in [0.25, 0.3) is 11.1 Å². The first-order valence-corrected chi connectivity index (χ1v) is 9.92. The molecule has 0 radical (unpaired) electrons. The lowest BCUT2D eigenvalue weighted by Gasteiger charge is -2.30. The zero-order chi connectivity index (χ0) is 19.3. The molecular weight excluding hydrogens is 382 g/mol. The number of pyridine rings is 1. The Balaban J connectivity index is 1.42. The van der Waals surface area contributed by atoms with Crippen molar-refractivity contribution in [2.45, 2.75) is 17.0 Å². The largest absolute Gasteiger partial charge is 0.447 e. The van der Waals surface area contributed by atoms with Gasteiger partial charge in [0.1, 0.15) is 18.5 Å². The third-order valence-electron chi connectivity index (χ3n) is 5.14. The van der Waals surface area contributed by atoms with Crippen LogP contribution in [0.4, 0.5) is 21.1 Å². The predicted octanol–water partition coefficient (Wildman–Crippen LogP) is 2.50. The molecule has 3 aliphatic heterocycles. The molecule has 0 saturated carbocycles. The topological polar surface area (TPSA) is 92.2 Å². The minimum atomic E-state index is -0.484. The zero-order valence-corrected chi connectivity index (χ0v) is 15.6. The van der Waals surface area contributed by atoms with E-state index < -0.39 is 12.2 Å². The molecule has 9 heteroatoms. The normalized spacial score (nSPS) is 23.3. The summed E-state index contributed by atoms with van der Waals surface area (Å²) in [5.74, 6) is 1.23. The highest BCUT2D eigenvalue weighted by Gasteiger charge is 2.45. The van der Waals surface area contributed by atoms with Crippen molar-refractivity contribution in [1.82, 2.24) is 4.98 Å². The first kappa shape index (κ1) is 17.3. The fourth-order valence-electron chi connectivity index (χ4n) is 3.69. The van der Waals surface area contributed by atoms with Crippen LogP contribution in [-0.4, -0.2) is 59.9 Å². The molecule has 8 nitrogen and oxygen atoms in total. The summed E-state index contributed by atoms with van der Waals surface area (Å²) >= 11 is 1.64. The van der Waals surface area contributed by atoms with Gasteiger partial charge in [-0.05, 0) is 29.8 Å². The Morgan fingerprint density at radius 2 is 2.04 bits per heavy atom. The molecule has 2 amide bonds. The van der Waals surface area contributed by atoms with Gasteiger partial charge >= 0.3 is 12.2 Å². The molecule has 2 saturated heterocycles. The highest BCUT2D eigenvalue weighted by molar-refractivity contribution is 7.99. The second kappa shape index (κ2) is 6.68. The van der Waals surface area contributed by atoms with E-state index in [-0.39, 0.29) is 18.7 Å². The lowest BCUT2D eigenvalue weighted by atomic mass is 10.1. The number of carbonyl (C=O) groups excluding carboxylic acids is 2. The summed E-state index contributed by atoms with van der Waals surface area (Å²) in [5.41, 5.74) is 2.69. The molecule has 2 fully saturated rings. The molecule has 28 heavy (non-hydrogen) atoms. The van der Waals surface area contributed by atoms with Gasteiger partial charge in [-0.2, -0.15) is 0 Å². The standard InChI is InChI=1S/C19H17N3O5S/c23-9-15-14-10-28-16-7-11(1-3-13(16)22(14)19(25)27-15)12-2-4-17(20-8-12)21-5-6-26-18(21)24/h1-4,7-8,14-15,23H,5-6,9-10H2/t14-,15-/m0/s1. The third kappa shape index (κ3) is 2.70. The number of rotatable bonds is 3. The van der Waals surface area contributed by atoms with Crippen LogP contribution in [0.1, 0.15) is 0 Å². The van der Waals surface area contributed by atoms with E-state index in [1.807, 2.05) is 24.3 Å². The van der Waals surface area contributed by atoms with Crippen LogP contribution in [-0.2, 0) is 9.47 Å². The maximum atomic E-state index is 12.2.